The van der Waals surface area contributed by atoms with Gasteiger partial charge in [0.1, 0.15) is 0 Å². The molecule has 2 aliphatic heterocycles. The number of hydrogen-bond acceptors (Lipinski definition) is 3. The van der Waals surface area contributed by atoms with E-state index in [0.29, 0.717) is 6.04 Å². The molecule has 82 valence electrons. The van der Waals surface area contributed by atoms with Crippen molar-refractivity contribution in [2.75, 3.05) is 25.4 Å². The van der Waals surface area contributed by atoms with Gasteiger partial charge in [-0.05, 0) is 38.5 Å². The van der Waals surface area contributed by atoms with Gasteiger partial charge in [-0.2, -0.15) is 0 Å². The molecule has 2 saturated heterocycles. The third-order valence-corrected chi connectivity index (χ3v) is 4.63. The Morgan fingerprint density at radius 1 is 1.29 bits per heavy atom. The van der Waals surface area contributed by atoms with Gasteiger partial charge in [0.05, 0.1) is 5.37 Å². The highest BCUT2D eigenvalue weighted by atomic mass is 32.2. The van der Waals surface area contributed by atoms with Gasteiger partial charge in [0.25, 0.3) is 0 Å². The first-order valence-electron chi connectivity index (χ1n) is 5.95. The number of thioether (sulfide) groups is 1. The van der Waals surface area contributed by atoms with Crippen molar-refractivity contribution < 1.29 is 0 Å². The summed E-state index contributed by atoms with van der Waals surface area (Å²) in [5, 5.41) is 4.39. The molecule has 2 rings (SSSR count). The second-order valence-electron chi connectivity index (χ2n) is 4.52. The SMILES string of the molecule is CC1CN(C2CCCCS2)CCCN1. The van der Waals surface area contributed by atoms with Crippen molar-refractivity contribution in [3.63, 3.8) is 0 Å². The Hall–Kier alpha value is 0.270. The zero-order valence-corrected chi connectivity index (χ0v) is 9.98. The molecule has 0 amide bonds. The van der Waals surface area contributed by atoms with Crippen molar-refractivity contribution in [3.8, 4) is 0 Å². The number of hydrogen-bond donors (Lipinski definition) is 1. The number of rotatable bonds is 1. The number of nitrogens with zero attached hydrogens (tertiary/aromatic N) is 1. The van der Waals surface area contributed by atoms with E-state index in [0.717, 1.165) is 5.37 Å². The molecule has 2 nitrogen and oxygen atoms in total. The first-order chi connectivity index (χ1) is 6.86. The minimum absolute atomic E-state index is 0.681. The first-order valence-corrected chi connectivity index (χ1v) is 7.00. The van der Waals surface area contributed by atoms with Gasteiger partial charge in [0, 0.05) is 19.1 Å². The average Bonchev–Trinajstić information content (AvgIpc) is 2.44. The maximum Gasteiger partial charge on any atom is 0.0557 e. The standard InChI is InChI=1S/C11H22N2S/c1-10-9-13(7-4-6-12-10)11-5-2-3-8-14-11/h10-12H,2-9H2,1H3. The fraction of sp³-hybridized carbons (Fsp3) is 1.00. The zero-order chi connectivity index (χ0) is 9.80. The lowest BCUT2D eigenvalue weighted by Crippen LogP contribution is -2.41. The van der Waals surface area contributed by atoms with Crippen LogP contribution in [0.4, 0.5) is 0 Å². The highest BCUT2D eigenvalue weighted by Crippen LogP contribution is 2.28. The molecular formula is C11H22N2S. The summed E-state index contributed by atoms with van der Waals surface area (Å²) >= 11 is 2.18. The van der Waals surface area contributed by atoms with E-state index in [1.807, 2.05) is 0 Å². The summed E-state index contributed by atoms with van der Waals surface area (Å²) < 4.78 is 0. The summed E-state index contributed by atoms with van der Waals surface area (Å²) in [4.78, 5) is 2.70. The van der Waals surface area contributed by atoms with Crippen molar-refractivity contribution in [2.24, 2.45) is 0 Å². The molecule has 2 aliphatic rings. The van der Waals surface area contributed by atoms with E-state index in [1.165, 1.54) is 51.1 Å². The van der Waals surface area contributed by atoms with Crippen LogP contribution in [0.15, 0.2) is 0 Å². The second kappa shape index (κ2) is 5.38. The van der Waals surface area contributed by atoms with Crippen molar-refractivity contribution in [2.45, 2.75) is 44.0 Å². The lowest BCUT2D eigenvalue weighted by molar-refractivity contribution is 0.241. The van der Waals surface area contributed by atoms with Crippen molar-refractivity contribution >= 4 is 11.8 Å². The van der Waals surface area contributed by atoms with Crippen LogP contribution in [0.5, 0.6) is 0 Å². The fourth-order valence-electron chi connectivity index (χ4n) is 2.41. The van der Waals surface area contributed by atoms with E-state index in [9.17, 15) is 0 Å². The van der Waals surface area contributed by atoms with Gasteiger partial charge in [-0.15, -0.1) is 11.8 Å². The summed E-state index contributed by atoms with van der Waals surface area (Å²) in [5.74, 6) is 1.38. The predicted octanol–water partition coefficient (Wildman–Crippen LogP) is 1.91. The minimum atomic E-state index is 0.681. The Morgan fingerprint density at radius 2 is 2.21 bits per heavy atom. The van der Waals surface area contributed by atoms with Crippen LogP contribution >= 0.6 is 11.8 Å². The Morgan fingerprint density at radius 3 is 3.00 bits per heavy atom. The van der Waals surface area contributed by atoms with Crippen molar-refractivity contribution in [1.82, 2.24) is 10.2 Å². The fourth-order valence-corrected chi connectivity index (χ4v) is 3.79. The normalized spacial score (nSPS) is 36.6. The third kappa shape index (κ3) is 2.88. The topological polar surface area (TPSA) is 15.3 Å². The maximum absolute atomic E-state index is 3.56. The lowest BCUT2D eigenvalue weighted by atomic mass is 10.2. The summed E-state index contributed by atoms with van der Waals surface area (Å²) in [5.41, 5.74) is 0. The van der Waals surface area contributed by atoms with E-state index < -0.39 is 0 Å². The largest absolute Gasteiger partial charge is 0.313 e. The molecule has 2 heterocycles. The van der Waals surface area contributed by atoms with Crippen LogP contribution in [0.3, 0.4) is 0 Å². The molecule has 0 aromatic heterocycles. The van der Waals surface area contributed by atoms with Crippen LogP contribution in [0.1, 0.15) is 32.6 Å². The maximum atomic E-state index is 3.56. The monoisotopic (exact) mass is 214 g/mol. The molecule has 0 radical (unpaired) electrons. The van der Waals surface area contributed by atoms with E-state index >= 15 is 0 Å². The zero-order valence-electron chi connectivity index (χ0n) is 9.17. The molecule has 14 heavy (non-hydrogen) atoms. The molecule has 2 fully saturated rings. The Balaban J connectivity index is 1.87. The van der Waals surface area contributed by atoms with Crippen molar-refractivity contribution in [3.05, 3.63) is 0 Å². The van der Waals surface area contributed by atoms with Gasteiger partial charge in [-0.1, -0.05) is 6.42 Å². The highest BCUT2D eigenvalue weighted by molar-refractivity contribution is 7.99. The van der Waals surface area contributed by atoms with Gasteiger partial charge in [0.2, 0.25) is 0 Å². The molecule has 0 bridgehead atoms. The van der Waals surface area contributed by atoms with Gasteiger partial charge in [-0.3, -0.25) is 4.90 Å². The molecule has 0 saturated carbocycles. The molecule has 0 aliphatic carbocycles. The molecule has 2 unspecified atom stereocenters. The molecule has 0 aromatic carbocycles. The lowest BCUT2D eigenvalue weighted by Gasteiger charge is -2.33. The van der Waals surface area contributed by atoms with Gasteiger partial charge in [-0.25, -0.2) is 0 Å². The van der Waals surface area contributed by atoms with Crippen molar-refractivity contribution in [1.29, 1.82) is 0 Å². The molecule has 0 aromatic rings. The van der Waals surface area contributed by atoms with Crippen LogP contribution in [0.25, 0.3) is 0 Å². The average molecular weight is 214 g/mol. The molecule has 2 atom stereocenters. The van der Waals surface area contributed by atoms with Crippen LogP contribution in [0, 0.1) is 0 Å². The van der Waals surface area contributed by atoms with Crippen LogP contribution in [-0.4, -0.2) is 41.7 Å². The molecule has 1 N–H and O–H groups in total. The summed E-state index contributed by atoms with van der Waals surface area (Å²) in [6, 6.07) is 0.681. The van der Waals surface area contributed by atoms with Crippen LogP contribution in [-0.2, 0) is 0 Å². The van der Waals surface area contributed by atoms with E-state index in [1.54, 1.807) is 0 Å². The highest BCUT2D eigenvalue weighted by Gasteiger charge is 2.23. The quantitative estimate of drug-likeness (QED) is 0.718. The predicted molar refractivity (Wildman–Crippen MR) is 63.8 cm³/mol. The number of nitrogens with one attached hydrogen (secondary N) is 1. The van der Waals surface area contributed by atoms with Gasteiger partial charge >= 0.3 is 0 Å². The van der Waals surface area contributed by atoms with Crippen LogP contribution < -0.4 is 5.32 Å². The van der Waals surface area contributed by atoms with E-state index in [-0.39, 0.29) is 0 Å². The smallest absolute Gasteiger partial charge is 0.0557 e. The van der Waals surface area contributed by atoms with Gasteiger partial charge < -0.3 is 5.32 Å². The molecule has 0 spiro atoms. The van der Waals surface area contributed by atoms with E-state index in [4.69, 9.17) is 0 Å². The first kappa shape index (κ1) is 10.8. The van der Waals surface area contributed by atoms with E-state index in [2.05, 4.69) is 28.9 Å². The third-order valence-electron chi connectivity index (χ3n) is 3.19. The Kier molecular flexibility index (Phi) is 4.14. The molecular weight excluding hydrogens is 192 g/mol. The minimum Gasteiger partial charge on any atom is -0.313 e. The Bertz CT molecular complexity index is 169. The summed E-state index contributed by atoms with van der Waals surface area (Å²) in [7, 11) is 0. The van der Waals surface area contributed by atoms with Crippen LogP contribution in [0.2, 0.25) is 0 Å². The van der Waals surface area contributed by atoms with Gasteiger partial charge in [0.15, 0.2) is 0 Å². The molecule has 3 heteroatoms. The second-order valence-corrected chi connectivity index (χ2v) is 5.81. The summed E-state index contributed by atoms with van der Waals surface area (Å²) in [6.07, 6.45) is 5.61. The Labute approximate surface area is 91.8 Å². The summed E-state index contributed by atoms with van der Waals surface area (Å²) in [6.45, 7) is 6.06.